The lowest BCUT2D eigenvalue weighted by molar-refractivity contribution is 0.0806. The first-order valence-electron chi connectivity index (χ1n) is 18.6. The summed E-state index contributed by atoms with van der Waals surface area (Å²) in [4.78, 5) is 49.3. The van der Waals surface area contributed by atoms with Gasteiger partial charge in [0.25, 0.3) is 11.8 Å². The van der Waals surface area contributed by atoms with E-state index in [1.54, 1.807) is 17.0 Å². The number of anilines is 1. The molecule has 3 atom stereocenters. The number of carbonyl (C=O) groups excluding carboxylic acids is 3. The van der Waals surface area contributed by atoms with Crippen LogP contribution in [0.3, 0.4) is 0 Å². The summed E-state index contributed by atoms with van der Waals surface area (Å²) < 4.78 is 0. The minimum atomic E-state index is -0.136. The molecule has 2 fully saturated rings. The molecule has 11 rings (SSSR count). The number of nitrogens with zero attached hydrogens (tertiary/aromatic N) is 2. The maximum absolute atomic E-state index is 13.3. The van der Waals surface area contributed by atoms with Crippen LogP contribution >= 0.6 is 11.6 Å². The number of aromatic hydroxyl groups is 1. The van der Waals surface area contributed by atoms with E-state index in [1.807, 2.05) is 97.6 Å². The molecule has 2 aliphatic heterocycles. The summed E-state index contributed by atoms with van der Waals surface area (Å²) in [5.74, 6) is 0.869. The van der Waals surface area contributed by atoms with Crippen molar-refractivity contribution in [3.05, 3.63) is 154 Å². The molecule has 1 saturated heterocycles. The molecule has 2 amide bonds. The Bertz CT molecular complexity index is 2830. The monoisotopic (exact) mass is 744 g/mol. The van der Waals surface area contributed by atoms with Gasteiger partial charge in [0, 0.05) is 80.9 Å². The van der Waals surface area contributed by atoms with Gasteiger partial charge in [-0.2, -0.15) is 0 Å². The van der Waals surface area contributed by atoms with E-state index in [0.29, 0.717) is 36.3 Å². The van der Waals surface area contributed by atoms with Gasteiger partial charge in [-0.1, -0.05) is 71.8 Å². The normalized spacial score (nSPS) is 20.5. The number of halogens is 1. The third-order valence-corrected chi connectivity index (χ3v) is 12.4. The lowest BCUT2D eigenvalue weighted by atomic mass is 9.81. The van der Waals surface area contributed by atoms with Crippen LogP contribution in [0.1, 0.15) is 65.9 Å². The average molecular weight is 745 g/mol. The van der Waals surface area contributed by atoms with Crippen LogP contribution < -0.4 is 4.90 Å². The number of piperidine rings is 1. The number of nitrogens with one attached hydrogen (secondary N) is 2. The number of ketones is 1. The molecular formula is C46H37ClN4O4. The molecule has 3 N–H and O–H groups in total. The highest BCUT2D eigenvalue weighted by atomic mass is 35.5. The van der Waals surface area contributed by atoms with E-state index in [4.69, 9.17) is 11.6 Å². The molecule has 5 aromatic carbocycles. The highest BCUT2D eigenvalue weighted by molar-refractivity contribution is 6.19. The number of H-pyrrole nitrogens is 2. The highest BCUT2D eigenvalue weighted by Gasteiger charge is 2.67. The molecule has 272 valence electrons. The molecule has 2 aliphatic carbocycles. The van der Waals surface area contributed by atoms with Gasteiger partial charge >= 0.3 is 0 Å². The number of benzene rings is 5. The van der Waals surface area contributed by atoms with Crippen molar-refractivity contribution < 1.29 is 19.5 Å². The van der Waals surface area contributed by atoms with Crippen LogP contribution in [0.2, 0.25) is 0 Å². The van der Waals surface area contributed by atoms with Gasteiger partial charge in [0.2, 0.25) is 0 Å². The van der Waals surface area contributed by atoms with Crippen LogP contribution in [-0.2, 0) is 5.41 Å². The van der Waals surface area contributed by atoms with Crippen molar-refractivity contribution in [1.29, 1.82) is 0 Å². The number of hydrogen-bond donors (Lipinski definition) is 3. The van der Waals surface area contributed by atoms with Gasteiger partial charge in [0.15, 0.2) is 5.78 Å². The van der Waals surface area contributed by atoms with Gasteiger partial charge in [0.1, 0.15) is 17.1 Å². The zero-order chi connectivity index (χ0) is 37.7. The number of aromatic amines is 2. The lowest BCUT2D eigenvalue weighted by Crippen LogP contribution is -2.33. The summed E-state index contributed by atoms with van der Waals surface area (Å²) >= 11 is 6.27. The van der Waals surface area contributed by atoms with Crippen molar-refractivity contribution in [1.82, 2.24) is 14.9 Å². The number of phenolic OH excluding ortho intramolecular Hbond substituents is 1. The maximum Gasteiger partial charge on any atom is 0.274 e. The van der Waals surface area contributed by atoms with Gasteiger partial charge in [-0.15, -0.1) is 11.6 Å². The van der Waals surface area contributed by atoms with Crippen molar-refractivity contribution in [2.24, 2.45) is 5.92 Å². The molecular weight excluding hydrogens is 708 g/mol. The Hall–Kier alpha value is -6.12. The number of amides is 2. The van der Waals surface area contributed by atoms with Crippen LogP contribution in [0.4, 0.5) is 5.69 Å². The molecule has 4 aliphatic rings. The van der Waals surface area contributed by atoms with Gasteiger partial charge < -0.3 is 24.9 Å². The highest BCUT2D eigenvalue weighted by Crippen LogP contribution is 2.66. The molecule has 0 bridgehead atoms. The van der Waals surface area contributed by atoms with E-state index in [2.05, 4.69) is 28.2 Å². The molecule has 0 radical (unpaired) electrons. The minimum absolute atomic E-state index is 0.00356. The molecule has 0 unspecified atom stereocenters. The second-order valence-electron chi connectivity index (χ2n) is 15.4. The molecule has 2 aromatic heterocycles. The number of fused-ring (bicyclic) bond motifs is 6. The fourth-order valence-corrected chi connectivity index (χ4v) is 9.60. The van der Waals surface area contributed by atoms with E-state index in [1.165, 1.54) is 5.56 Å². The molecule has 9 heteroatoms. The van der Waals surface area contributed by atoms with Crippen molar-refractivity contribution in [3.63, 3.8) is 0 Å². The minimum Gasteiger partial charge on any atom is -0.507 e. The van der Waals surface area contributed by atoms with Crippen molar-refractivity contribution in [2.45, 2.75) is 31.6 Å². The number of aryl methyl sites for hydroxylation is 2. The van der Waals surface area contributed by atoms with Crippen LogP contribution in [0, 0.1) is 19.8 Å². The Morgan fingerprint density at radius 1 is 0.782 bits per heavy atom. The largest absolute Gasteiger partial charge is 0.507 e. The van der Waals surface area contributed by atoms with E-state index < -0.39 is 0 Å². The third kappa shape index (κ3) is 5.08. The maximum atomic E-state index is 13.3. The van der Waals surface area contributed by atoms with E-state index in [-0.39, 0.29) is 34.7 Å². The Morgan fingerprint density at radius 2 is 1.40 bits per heavy atom. The number of allylic oxidation sites excluding steroid dienone is 2. The molecule has 7 aromatic rings. The zero-order valence-corrected chi connectivity index (χ0v) is 31.1. The summed E-state index contributed by atoms with van der Waals surface area (Å²) in [5.41, 5.74) is 9.73. The van der Waals surface area contributed by atoms with Gasteiger partial charge in [-0.05, 0) is 79.1 Å². The Morgan fingerprint density at radius 3 is 2.07 bits per heavy atom. The number of carbonyl (C=O) groups is 3. The van der Waals surface area contributed by atoms with Crippen molar-refractivity contribution in [3.8, 4) is 5.75 Å². The third-order valence-electron chi connectivity index (χ3n) is 12.0. The van der Waals surface area contributed by atoms with Gasteiger partial charge in [0.05, 0.1) is 5.69 Å². The Kier molecular flexibility index (Phi) is 7.42. The summed E-state index contributed by atoms with van der Waals surface area (Å²) in [6.45, 7) is 5.26. The van der Waals surface area contributed by atoms with Crippen LogP contribution in [0.5, 0.6) is 5.75 Å². The molecule has 55 heavy (non-hydrogen) atoms. The van der Waals surface area contributed by atoms with Crippen molar-refractivity contribution >= 4 is 67.5 Å². The Labute approximate surface area is 322 Å². The summed E-state index contributed by atoms with van der Waals surface area (Å²) in [6, 6.07) is 33.2. The number of likely N-dealkylation sites (tertiary alicyclic amines) is 1. The fraction of sp³-hybridized carbons (Fsp3) is 0.196. The summed E-state index contributed by atoms with van der Waals surface area (Å²) in [5, 5.41) is 14.3. The first-order chi connectivity index (χ1) is 26.6. The van der Waals surface area contributed by atoms with E-state index in [9.17, 15) is 19.5 Å². The van der Waals surface area contributed by atoms with Crippen LogP contribution in [-0.4, -0.2) is 56.5 Å². The number of rotatable bonds is 3. The summed E-state index contributed by atoms with van der Waals surface area (Å²) in [6.07, 6.45) is 2.72. The zero-order valence-electron chi connectivity index (χ0n) is 30.3. The average Bonchev–Trinajstić information content (AvgIpc) is 3.60. The second kappa shape index (κ2) is 12.2. The smallest absolute Gasteiger partial charge is 0.274 e. The quantitative estimate of drug-likeness (QED) is 0.157. The summed E-state index contributed by atoms with van der Waals surface area (Å²) in [7, 11) is 0. The molecule has 1 saturated carbocycles. The molecule has 4 heterocycles. The number of aromatic nitrogens is 2. The first-order valence-corrected chi connectivity index (χ1v) is 19.2. The molecule has 1 spiro atoms. The van der Waals surface area contributed by atoms with Gasteiger partial charge in [-0.25, -0.2) is 0 Å². The molecule has 8 nitrogen and oxygen atoms in total. The van der Waals surface area contributed by atoms with Crippen LogP contribution in [0.25, 0.3) is 32.6 Å². The SMILES string of the molecule is Cc1ccc2[nH]c(C(=O)N3C[C@@H](CCl)c4c3cc(O)c3ccccc43)cc2c1.Cc1ccc2[nH]c(C(=O)N3C[C@H]4C[C@@]45C3=CC(=O)c3ccccc35)cc2c1. The number of phenols is 1. The van der Waals surface area contributed by atoms with E-state index >= 15 is 0 Å². The number of alkyl halides is 1. The fourth-order valence-electron chi connectivity index (χ4n) is 9.35. The Balaban J connectivity index is 0.000000135. The predicted octanol–water partition coefficient (Wildman–Crippen LogP) is 9.29. The topological polar surface area (TPSA) is 110 Å². The second-order valence-corrected chi connectivity index (χ2v) is 15.7. The standard InChI is InChI=1S/C23H19ClN2O2.C23H18N2O2/c1-13-6-7-18-14(8-13)9-19(25-18)23(28)26-12-15(11-24)22-17-5-3-2-4-16(17)21(27)10-20(22)26;1-13-6-7-18-14(8-13)9-19(24-18)22(27)25-12-15-11-23(15)17-5-3-2-4-16(17)20(26)10-21(23)25/h2-10,15,25,27H,11-12H2,1H3;2-10,15,24H,11-12H2,1H3/t15-;15-,23-/m11/s1. The number of hydrogen-bond acceptors (Lipinski definition) is 4. The van der Waals surface area contributed by atoms with Crippen molar-refractivity contribution in [2.75, 3.05) is 23.9 Å². The van der Waals surface area contributed by atoms with Crippen LogP contribution in [0.15, 0.2) is 115 Å². The van der Waals surface area contributed by atoms with Gasteiger partial charge in [-0.3, -0.25) is 14.4 Å². The lowest BCUT2D eigenvalue weighted by Gasteiger charge is -2.29. The first kappa shape index (κ1) is 33.4. The predicted molar refractivity (Wildman–Crippen MR) is 216 cm³/mol. The van der Waals surface area contributed by atoms with E-state index in [0.717, 1.165) is 72.6 Å².